The lowest BCUT2D eigenvalue weighted by molar-refractivity contribution is -0.149. The van der Waals surface area contributed by atoms with Crippen LogP contribution < -0.4 is 14.8 Å². The van der Waals surface area contributed by atoms with Crippen molar-refractivity contribution in [1.82, 2.24) is 0 Å². The number of methoxy groups -OCH3 is 2. The first-order chi connectivity index (χ1) is 9.70. The van der Waals surface area contributed by atoms with Gasteiger partial charge >= 0.3 is 5.97 Å². The second-order valence-electron chi connectivity index (χ2n) is 5.69. The van der Waals surface area contributed by atoms with Gasteiger partial charge in [0.05, 0.1) is 19.9 Å². The van der Waals surface area contributed by atoms with Crippen LogP contribution in [-0.4, -0.2) is 31.2 Å². The van der Waals surface area contributed by atoms with Crippen LogP contribution in [0, 0.1) is 11.3 Å². The molecule has 6 heteroatoms. The molecule has 1 unspecified atom stereocenters. The van der Waals surface area contributed by atoms with Gasteiger partial charge in [0.1, 0.15) is 17.4 Å². The molecule has 1 amide bonds. The van der Waals surface area contributed by atoms with Gasteiger partial charge in [-0.3, -0.25) is 9.59 Å². The normalized spacial score (nSPS) is 12.4. The number of hydrogen-bond donors (Lipinski definition) is 2. The number of hydrogen-bond acceptors (Lipinski definition) is 4. The van der Waals surface area contributed by atoms with E-state index in [1.165, 1.54) is 14.2 Å². The number of carbonyl (C=O) groups excluding carboxylic acids is 1. The van der Waals surface area contributed by atoms with E-state index in [0.29, 0.717) is 17.2 Å². The van der Waals surface area contributed by atoms with Crippen LogP contribution in [0.2, 0.25) is 0 Å². The molecule has 0 saturated carbocycles. The van der Waals surface area contributed by atoms with Gasteiger partial charge in [-0.2, -0.15) is 0 Å². The summed E-state index contributed by atoms with van der Waals surface area (Å²) in [6, 6.07) is 4.91. The van der Waals surface area contributed by atoms with Gasteiger partial charge in [0.15, 0.2) is 0 Å². The summed E-state index contributed by atoms with van der Waals surface area (Å²) in [4.78, 5) is 23.6. The van der Waals surface area contributed by atoms with E-state index < -0.39 is 23.2 Å². The highest BCUT2D eigenvalue weighted by Crippen LogP contribution is 2.32. The first-order valence-corrected chi connectivity index (χ1v) is 6.46. The standard InChI is InChI=1S/C15H21NO5/c1-15(2,3)12(14(18)19)13(17)16-10-8-9(20-4)6-7-11(10)21-5/h6-8,12H,1-5H3,(H,16,17)(H,18,19). The van der Waals surface area contributed by atoms with Gasteiger partial charge in [-0.15, -0.1) is 0 Å². The third kappa shape index (κ3) is 4.11. The number of anilines is 1. The minimum absolute atomic E-state index is 0.373. The van der Waals surface area contributed by atoms with Gasteiger partial charge in [-0.05, 0) is 17.5 Å². The number of benzene rings is 1. The highest BCUT2D eigenvalue weighted by Gasteiger charge is 2.38. The van der Waals surface area contributed by atoms with Crippen LogP contribution in [-0.2, 0) is 9.59 Å². The maximum Gasteiger partial charge on any atom is 0.316 e. The van der Waals surface area contributed by atoms with Crippen LogP contribution in [0.25, 0.3) is 0 Å². The van der Waals surface area contributed by atoms with Gasteiger partial charge in [-0.25, -0.2) is 0 Å². The highest BCUT2D eigenvalue weighted by molar-refractivity contribution is 6.05. The molecule has 6 nitrogen and oxygen atoms in total. The molecular weight excluding hydrogens is 274 g/mol. The molecule has 0 radical (unpaired) electrons. The van der Waals surface area contributed by atoms with Crippen molar-refractivity contribution >= 4 is 17.6 Å². The Morgan fingerprint density at radius 2 is 1.81 bits per heavy atom. The fraction of sp³-hybridized carbons (Fsp3) is 0.467. The predicted octanol–water partition coefficient (Wildman–Crippen LogP) is 2.39. The molecule has 116 valence electrons. The van der Waals surface area contributed by atoms with Crippen molar-refractivity contribution in [2.75, 3.05) is 19.5 Å². The maximum absolute atomic E-state index is 12.3. The average Bonchev–Trinajstić information content (AvgIpc) is 2.36. The Morgan fingerprint density at radius 1 is 1.19 bits per heavy atom. The lowest BCUT2D eigenvalue weighted by Crippen LogP contribution is -2.39. The average molecular weight is 295 g/mol. The monoisotopic (exact) mass is 295 g/mol. The Hall–Kier alpha value is -2.24. The summed E-state index contributed by atoms with van der Waals surface area (Å²) in [6.45, 7) is 5.11. The summed E-state index contributed by atoms with van der Waals surface area (Å²) in [6.07, 6.45) is 0. The van der Waals surface area contributed by atoms with Crippen molar-refractivity contribution in [2.24, 2.45) is 11.3 Å². The molecule has 0 aliphatic carbocycles. The molecule has 1 aromatic rings. The molecule has 1 atom stereocenters. The van der Waals surface area contributed by atoms with Crippen LogP contribution in [0.5, 0.6) is 11.5 Å². The molecule has 0 aliphatic rings. The third-order valence-electron chi connectivity index (χ3n) is 3.04. The molecule has 0 bridgehead atoms. The number of carboxylic acid groups (broad SMARTS) is 1. The SMILES string of the molecule is COc1ccc(OC)c(NC(=O)C(C(=O)O)C(C)(C)C)c1. The summed E-state index contributed by atoms with van der Waals surface area (Å²) in [5, 5.41) is 11.9. The third-order valence-corrected chi connectivity index (χ3v) is 3.04. The Kier molecular flexibility index (Phi) is 5.18. The summed E-state index contributed by atoms with van der Waals surface area (Å²) in [5.41, 5.74) is -0.334. The molecule has 0 aromatic heterocycles. The molecule has 0 fully saturated rings. The zero-order chi connectivity index (χ0) is 16.2. The Bertz CT molecular complexity index is 533. The predicted molar refractivity (Wildman–Crippen MR) is 78.8 cm³/mol. The summed E-state index contributed by atoms with van der Waals surface area (Å²) >= 11 is 0. The van der Waals surface area contributed by atoms with Crippen LogP contribution >= 0.6 is 0 Å². The number of carbonyl (C=O) groups is 2. The minimum Gasteiger partial charge on any atom is -0.497 e. The summed E-state index contributed by atoms with van der Waals surface area (Å²) in [7, 11) is 2.97. The first kappa shape index (κ1) is 16.8. The molecule has 1 rings (SSSR count). The van der Waals surface area contributed by atoms with Crippen molar-refractivity contribution in [3.05, 3.63) is 18.2 Å². The second-order valence-corrected chi connectivity index (χ2v) is 5.69. The summed E-state index contributed by atoms with van der Waals surface area (Å²) in [5.74, 6) is -1.97. The van der Waals surface area contributed by atoms with E-state index in [1.807, 2.05) is 0 Å². The first-order valence-electron chi connectivity index (χ1n) is 6.46. The zero-order valence-electron chi connectivity index (χ0n) is 12.9. The van der Waals surface area contributed by atoms with E-state index in [2.05, 4.69) is 5.32 Å². The number of amides is 1. The zero-order valence-corrected chi connectivity index (χ0v) is 12.9. The number of nitrogens with one attached hydrogen (secondary N) is 1. The van der Waals surface area contributed by atoms with E-state index in [4.69, 9.17) is 9.47 Å². The van der Waals surface area contributed by atoms with E-state index in [-0.39, 0.29) is 0 Å². The van der Waals surface area contributed by atoms with Crippen molar-refractivity contribution in [2.45, 2.75) is 20.8 Å². The van der Waals surface area contributed by atoms with Crippen LogP contribution in [0.1, 0.15) is 20.8 Å². The summed E-state index contributed by atoms with van der Waals surface area (Å²) < 4.78 is 10.2. The Balaban J connectivity index is 3.09. The minimum atomic E-state index is -1.17. The topological polar surface area (TPSA) is 84.9 Å². The second kappa shape index (κ2) is 6.47. The van der Waals surface area contributed by atoms with E-state index in [1.54, 1.807) is 39.0 Å². The number of aliphatic carboxylic acids is 1. The molecule has 2 N–H and O–H groups in total. The van der Waals surface area contributed by atoms with Crippen molar-refractivity contribution in [3.63, 3.8) is 0 Å². The number of carboxylic acids is 1. The maximum atomic E-state index is 12.3. The fourth-order valence-corrected chi connectivity index (χ4v) is 1.99. The molecular formula is C15H21NO5. The van der Waals surface area contributed by atoms with Gasteiger partial charge in [-0.1, -0.05) is 20.8 Å². The Morgan fingerprint density at radius 3 is 2.24 bits per heavy atom. The molecule has 0 heterocycles. The van der Waals surface area contributed by atoms with Gasteiger partial charge in [0.25, 0.3) is 0 Å². The highest BCUT2D eigenvalue weighted by atomic mass is 16.5. The van der Waals surface area contributed by atoms with Crippen molar-refractivity contribution in [1.29, 1.82) is 0 Å². The van der Waals surface area contributed by atoms with Gasteiger partial charge in [0, 0.05) is 6.07 Å². The van der Waals surface area contributed by atoms with E-state index in [9.17, 15) is 14.7 Å². The van der Waals surface area contributed by atoms with Crippen molar-refractivity contribution in [3.8, 4) is 11.5 Å². The van der Waals surface area contributed by atoms with Crippen LogP contribution in [0.15, 0.2) is 18.2 Å². The van der Waals surface area contributed by atoms with Gasteiger partial charge in [0.2, 0.25) is 5.91 Å². The number of ether oxygens (including phenoxy) is 2. The van der Waals surface area contributed by atoms with Crippen molar-refractivity contribution < 1.29 is 24.2 Å². The molecule has 21 heavy (non-hydrogen) atoms. The quantitative estimate of drug-likeness (QED) is 0.815. The Labute approximate surface area is 124 Å². The van der Waals surface area contributed by atoms with Crippen LogP contribution in [0.4, 0.5) is 5.69 Å². The van der Waals surface area contributed by atoms with Gasteiger partial charge < -0.3 is 19.9 Å². The van der Waals surface area contributed by atoms with E-state index >= 15 is 0 Å². The molecule has 0 spiro atoms. The number of rotatable bonds is 5. The molecule has 1 aromatic carbocycles. The molecule has 0 aliphatic heterocycles. The van der Waals surface area contributed by atoms with E-state index in [0.717, 1.165) is 0 Å². The lowest BCUT2D eigenvalue weighted by atomic mass is 9.80. The fourth-order valence-electron chi connectivity index (χ4n) is 1.99. The largest absolute Gasteiger partial charge is 0.497 e. The van der Waals surface area contributed by atoms with Crippen LogP contribution in [0.3, 0.4) is 0 Å². The smallest absolute Gasteiger partial charge is 0.316 e. The molecule has 0 saturated heterocycles. The lowest BCUT2D eigenvalue weighted by Gasteiger charge is -2.26.